The molecule has 1 aliphatic rings. The topological polar surface area (TPSA) is 206 Å². The molecular formula is C12H25NO10. The van der Waals surface area contributed by atoms with Gasteiger partial charge in [-0.25, -0.2) is 0 Å². The van der Waals surface area contributed by atoms with Crippen molar-refractivity contribution in [3.63, 3.8) is 0 Å². The maximum Gasteiger partial charge on any atom is 0.176 e. The molecule has 0 aromatic carbocycles. The molecule has 0 unspecified atom stereocenters. The van der Waals surface area contributed by atoms with E-state index >= 15 is 0 Å². The molecule has 1 aliphatic heterocycles. The van der Waals surface area contributed by atoms with E-state index in [0.717, 1.165) is 0 Å². The van der Waals surface area contributed by atoms with Crippen molar-refractivity contribution in [3.05, 3.63) is 0 Å². The van der Waals surface area contributed by atoms with E-state index in [0.29, 0.717) is 0 Å². The van der Waals surface area contributed by atoms with E-state index in [2.05, 4.69) is 0 Å². The highest BCUT2D eigenvalue weighted by atomic mass is 16.7. The standard InChI is InChI=1S/C12H25NO10/c13-7-10(21)9(20)6(3-16)22-12(7)23-11(5(18)2-15)8(19)4(17)1-14/h4-12,14-21H,1-3,13H2/t4-,5+,6+,7+,8+,9+,10+,11+,12-/m0/s1. The summed E-state index contributed by atoms with van der Waals surface area (Å²) in [4.78, 5) is 0. The van der Waals surface area contributed by atoms with Crippen molar-refractivity contribution in [1.29, 1.82) is 0 Å². The molecule has 11 heteroatoms. The highest BCUT2D eigenvalue weighted by Crippen LogP contribution is 2.23. The fourth-order valence-electron chi connectivity index (χ4n) is 2.21. The van der Waals surface area contributed by atoms with E-state index in [-0.39, 0.29) is 0 Å². The van der Waals surface area contributed by atoms with Gasteiger partial charge in [-0.1, -0.05) is 0 Å². The smallest absolute Gasteiger partial charge is 0.176 e. The van der Waals surface area contributed by atoms with Crippen LogP contribution < -0.4 is 5.73 Å². The molecule has 0 spiro atoms. The van der Waals surface area contributed by atoms with Crippen LogP contribution in [0.2, 0.25) is 0 Å². The lowest BCUT2D eigenvalue weighted by Crippen LogP contribution is -2.64. The lowest BCUT2D eigenvalue weighted by Gasteiger charge is -2.42. The molecule has 1 fully saturated rings. The Morgan fingerprint density at radius 2 is 1.52 bits per heavy atom. The second kappa shape index (κ2) is 9.15. The van der Waals surface area contributed by atoms with Gasteiger partial charge in [-0.05, 0) is 0 Å². The minimum absolute atomic E-state index is 0.653. The maximum atomic E-state index is 9.87. The number of rotatable bonds is 8. The van der Waals surface area contributed by atoms with E-state index in [1.807, 2.05) is 0 Å². The first-order valence-corrected chi connectivity index (χ1v) is 7.07. The van der Waals surface area contributed by atoms with Crippen molar-refractivity contribution in [1.82, 2.24) is 0 Å². The van der Waals surface area contributed by atoms with Crippen molar-refractivity contribution >= 4 is 0 Å². The second-order valence-corrected chi connectivity index (χ2v) is 5.38. The van der Waals surface area contributed by atoms with Gasteiger partial charge in [0, 0.05) is 0 Å². The molecule has 1 rings (SSSR count). The van der Waals surface area contributed by atoms with E-state index < -0.39 is 74.9 Å². The second-order valence-electron chi connectivity index (χ2n) is 5.38. The first-order chi connectivity index (χ1) is 10.8. The average molecular weight is 343 g/mol. The van der Waals surface area contributed by atoms with Crippen LogP contribution in [0.15, 0.2) is 0 Å². The number of aliphatic hydroxyl groups excluding tert-OH is 8. The third kappa shape index (κ3) is 4.78. The van der Waals surface area contributed by atoms with Crippen LogP contribution in [0.3, 0.4) is 0 Å². The van der Waals surface area contributed by atoms with Gasteiger partial charge in [0.1, 0.15) is 42.7 Å². The van der Waals surface area contributed by atoms with E-state index in [1.54, 1.807) is 0 Å². The van der Waals surface area contributed by atoms with Crippen molar-refractivity contribution in [2.45, 2.75) is 55.1 Å². The zero-order valence-corrected chi connectivity index (χ0v) is 12.3. The molecule has 0 aromatic heterocycles. The summed E-state index contributed by atoms with van der Waals surface area (Å²) in [5, 5.41) is 75.5. The van der Waals surface area contributed by atoms with E-state index in [4.69, 9.17) is 30.5 Å². The normalized spacial score (nSPS) is 37.2. The van der Waals surface area contributed by atoms with Gasteiger partial charge in [0.25, 0.3) is 0 Å². The van der Waals surface area contributed by atoms with Crippen LogP contribution >= 0.6 is 0 Å². The largest absolute Gasteiger partial charge is 0.394 e. The highest BCUT2D eigenvalue weighted by molar-refractivity contribution is 4.93. The van der Waals surface area contributed by atoms with Crippen molar-refractivity contribution < 1.29 is 50.3 Å². The number of aliphatic hydroxyl groups is 8. The van der Waals surface area contributed by atoms with Crippen LogP contribution in [0.5, 0.6) is 0 Å². The van der Waals surface area contributed by atoms with Gasteiger partial charge in [-0.2, -0.15) is 0 Å². The lowest BCUT2D eigenvalue weighted by molar-refractivity contribution is -0.299. The van der Waals surface area contributed by atoms with Gasteiger partial charge < -0.3 is 56.1 Å². The summed E-state index contributed by atoms with van der Waals surface area (Å²) in [6.07, 6.45) is -12.4. The number of hydrogen-bond donors (Lipinski definition) is 9. The Balaban J connectivity index is 2.89. The summed E-state index contributed by atoms with van der Waals surface area (Å²) in [7, 11) is 0. The fourth-order valence-corrected chi connectivity index (χ4v) is 2.21. The zero-order chi connectivity index (χ0) is 17.7. The first-order valence-electron chi connectivity index (χ1n) is 7.07. The van der Waals surface area contributed by atoms with Gasteiger partial charge in [-0.3, -0.25) is 0 Å². The third-order valence-electron chi connectivity index (χ3n) is 3.70. The van der Waals surface area contributed by atoms with Gasteiger partial charge in [-0.15, -0.1) is 0 Å². The molecule has 9 atom stereocenters. The van der Waals surface area contributed by atoms with E-state index in [9.17, 15) is 25.5 Å². The Morgan fingerprint density at radius 1 is 0.957 bits per heavy atom. The predicted octanol–water partition coefficient (Wildman–Crippen LogP) is -5.79. The minimum Gasteiger partial charge on any atom is -0.394 e. The predicted molar refractivity (Wildman–Crippen MR) is 72.8 cm³/mol. The number of nitrogens with two attached hydrogens (primary N) is 1. The molecule has 0 aliphatic carbocycles. The van der Waals surface area contributed by atoms with Crippen molar-refractivity contribution in [2.75, 3.05) is 19.8 Å². The Kier molecular flexibility index (Phi) is 8.20. The van der Waals surface area contributed by atoms with Gasteiger partial charge in [0.15, 0.2) is 6.29 Å². The molecule has 10 N–H and O–H groups in total. The van der Waals surface area contributed by atoms with Gasteiger partial charge in [0.05, 0.1) is 25.9 Å². The van der Waals surface area contributed by atoms with Crippen LogP contribution in [0.25, 0.3) is 0 Å². The van der Waals surface area contributed by atoms with Crippen molar-refractivity contribution in [3.8, 4) is 0 Å². The summed E-state index contributed by atoms with van der Waals surface area (Å²) in [5.41, 5.74) is 5.65. The molecule has 0 bridgehead atoms. The molecule has 1 heterocycles. The third-order valence-corrected chi connectivity index (χ3v) is 3.70. The van der Waals surface area contributed by atoms with Crippen LogP contribution in [-0.4, -0.2) is 116 Å². The molecule has 138 valence electrons. The summed E-state index contributed by atoms with van der Waals surface area (Å²) < 4.78 is 10.4. The molecule has 1 saturated heterocycles. The molecule has 0 aromatic rings. The quantitative estimate of drug-likeness (QED) is 0.203. The molecule has 0 saturated carbocycles. The summed E-state index contributed by atoms with van der Waals surface area (Å²) in [5.74, 6) is 0. The van der Waals surface area contributed by atoms with E-state index in [1.165, 1.54) is 0 Å². The zero-order valence-electron chi connectivity index (χ0n) is 12.3. The lowest BCUT2D eigenvalue weighted by atomic mass is 9.97. The maximum absolute atomic E-state index is 9.87. The Morgan fingerprint density at radius 3 is 2.00 bits per heavy atom. The molecule has 23 heavy (non-hydrogen) atoms. The minimum atomic E-state index is -1.80. The van der Waals surface area contributed by atoms with Crippen LogP contribution in [0.4, 0.5) is 0 Å². The Bertz CT molecular complexity index is 346. The summed E-state index contributed by atoms with van der Waals surface area (Å²) in [6, 6.07) is -1.29. The first kappa shape index (κ1) is 20.6. The average Bonchev–Trinajstić information content (AvgIpc) is 2.57. The summed E-state index contributed by atoms with van der Waals surface area (Å²) >= 11 is 0. The molecule has 11 nitrogen and oxygen atoms in total. The van der Waals surface area contributed by atoms with Crippen LogP contribution in [0.1, 0.15) is 0 Å². The molecule has 0 radical (unpaired) electrons. The molecule has 0 amide bonds. The monoisotopic (exact) mass is 343 g/mol. The van der Waals surface area contributed by atoms with Gasteiger partial charge in [0.2, 0.25) is 0 Å². The molecular weight excluding hydrogens is 318 g/mol. The number of hydrogen-bond acceptors (Lipinski definition) is 11. The number of ether oxygens (including phenoxy) is 2. The van der Waals surface area contributed by atoms with Crippen LogP contribution in [0, 0.1) is 0 Å². The fraction of sp³-hybridized carbons (Fsp3) is 1.00. The van der Waals surface area contributed by atoms with Gasteiger partial charge >= 0.3 is 0 Å². The van der Waals surface area contributed by atoms with Crippen LogP contribution in [-0.2, 0) is 9.47 Å². The highest BCUT2D eigenvalue weighted by Gasteiger charge is 2.45. The van der Waals surface area contributed by atoms with Crippen molar-refractivity contribution in [2.24, 2.45) is 5.73 Å². The Labute approximate surface area is 132 Å². The summed E-state index contributed by atoms with van der Waals surface area (Å²) in [6.45, 7) is -2.33. The Hall–Kier alpha value is -0.440. The SMILES string of the molecule is N[C@H]1[C@H](O[C@@H]([C@H](O)[C@@H](O)CO)[C@H](O)CO)O[C@H](CO)[C@@H](O)[C@@H]1O.